The fraction of sp³-hybridized carbons (Fsp3) is 0.286. The molecule has 148 valence electrons. The highest BCUT2D eigenvalue weighted by Gasteiger charge is 2.09. The van der Waals surface area contributed by atoms with Gasteiger partial charge in [-0.3, -0.25) is 14.9 Å². The van der Waals surface area contributed by atoms with Crippen molar-refractivity contribution in [2.75, 3.05) is 10.6 Å². The molecule has 6 nitrogen and oxygen atoms in total. The second kappa shape index (κ2) is 10.4. The van der Waals surface area contributed by atoms with Crippen LogP contribution in [0.15, 0.2) is 48.5 Å². The van der Waals surface area contributed by atoms with E-state index >= 15 is 0 Å². The van der Waals surface area contributed by atoms with Gasteiger partial charge in [-0.1, -0.05) is 13.0 Å². The Labute approximate surface area is 170 Å². The Bertz CT molecular complexity index is 835. The minimum absolute atomic E-state index is 0.0413. The second-order valence-electron chi connectivity index (χ2n) is 6.48. The number of hydrogen-bond donors (Lipinski definition) is 3. The molecule has 3 N–H and O–H groups in total. The fourth-order valence-electron chi connectivity index (χ4n) is 2.42. The van der Waals surface area contributed by atoms with Crippen LogP contribution in [0, 0.1) is 0 Å². The van der Waals surface area contributed by atoms with E-state index in [4.69, 9.17) is 17.0 Å². The van der Waals surface area contributed by atoms with E-state index < -0.39 is 0 Å². The number of amides is 2. The van der Waals surface area contributed by atoms with Gasteiger partial charge in [0, 0.05) is 23.4 Å². The first-order chi connectivity index (χ1) is 13.4. The topological polar surface area (TPSA) is 79.5 Å². The molecule has 0 atom stereocenters. The van der Waals surface area contributed by atoms with Crippen molar-refractivity contribution >= 4 is 40.5 Å². The SMILES string of the molecule is CCCC(=O)Nc1cccc(NC(=S)NC(=O)c2ccc(OC(C)C)cc2)c1. The number of rotatable bonds is 7. The standard InChI is InChI=1S/C21H25N3O3S/c1-4-6-19(25)22-16-7-5-8-17(13-16)23-21(28)24-20(26)15-9-11-18(12-10-15)27-14(2)3/h5,7-14H,4,6H2,1-3H3,(H,22,25)(H2,23,24,26,28). The lowest BCUT2D eigenvalue weighted by atomic mass is 10.2. The van der Waals surface area contributed by atoms with Crippen LogP contribution in [0.4, 0.5) is 11.4 Å². The Kier molecular flexibility index (Phi) is 7.95. The molecule has 28 heavy (non-hydrogen) atoms. The largest absolute Gasteiger partial charge is 0.491 e. The summed E-state index contributed by atoms with van der Waals surface area (Å²) >= 11 is 5.21. The van der Waals surface area contributed by atoms with Crippen molar-refractivity contribution in [3.63, 3.8) is 0 Å². The number of thiocarbonyl (C=S) groups is 1. The predicted octanol–water partition coefficient (Wildman–Crippen LogP) is 4.34. The molecule has 0 aromatic heterocycles. The second-order valence-corrected chi connectivity index (χ2v) is 6.89. The zero-order chi connectivity index (χ0) is 20.5. The van der Waals surface area contributed by atoms with Gasteiger partial charge < -0.3 is 15.4 Å². The molecule has 0 fully saturated rings. The molecule has 2 amide bonds. The van der Waals surface area contributed by atoms with E-state index in [-0.39, 0.29) is 23.0 Å². The number of ether oxygens (including phenoxy) is 1. The Morgan fingerprint density at radius 3 is 2.29 bits per heavy atom. The minimum Gasteiger partial charge on any atom is -0.491 e. The highest BCUT2D eigenvalue weighted by molar-refractivity contribution is 7.80. The van der Waals surface area contributed by atoms with Crippen LogP contribution in [-0.2, 0) is 4.79 Å². The predicted molar refractivity (Wildman–Crippen MR) is 116 cm³/mol. The van der Waals surface area contributed by atoms with Gasteiger partial charge in [0.05, 0.1) is 6.10 Å². The monoisotopic (exact) mass is 399 g/mol. The van der Waals surface area contributed by atoms with Crippen LogP contribution >= 0.6 is 12.2 Å². The molecule has 0 saturated carbocycles. The average Bonchev–Trinajstić information content (AvgIpc) is 2.62. The molecule has 0 aliphatic rings. The molecule has 0 heterocycles. The van der Waals surface area contributed by atoms with Crippen LogP contribution in [0.25, 0.3) is 0 Å². The molecule has 0 aliphatic carbocycles. The van der Waals surface area contributed by atoms with E-state index in [1.165, 1.54) is 0 Å². The highest BCUT2D eigenvalue weighted by Crippen LogP contribution is 2.16. The lowest BCUT2D eigenvalue weighted by Gasteiger charge is -2.12. The maximum absolute atomic E-state index is 12.3. The summed E-state index contributed by atoms with van der Waals surface area (Å²) in [5, 5.41) is 8.58. The van der Waals surface area contributed by atoms with Gasteiger partial charge in [0.2, 0.25) is 5.91 Å². The molecule has 0 bridgehead atoms. The van der Waals surface area contributed by atoms with Gasteiger partial charge >= 0.3 is 0 Å². The smallest absolute Gasteiger partial charge is 0.257 e. The molecule has 2 aromatic rings. The van der Waals surface area contributed by atoms with Crippen LogP contribution in [0.2, 0.25) is 0 Å². The quantitative estimate of drug-likeness (QED) is 0.604. The molecule has 2 rings (SSSR count). The molecule has 0 radical (unpaired) electrons. The van der Waals surface area contributed by atoms with E-state index in [1.807, 2.05) is 20.8 Å². The fourth-order valence-corrected chi connectivity index (χ4v) is 2.63. The number of carbonyl (C=O) groups excluding carboxylic acids is 2. The van der Waals surface area contributed by atoms with Crippen molar-refractivity contribution in [3.05, 3.63) is 54.1 Å². The van der Waals surface area contributed by atoms with Crippen molar-refractivity contribution in [2.24, 2.45) is 0 Å². The van der Waals surface area contributed by atoms with Crippen LogP contribution in [0.3, 0.4) is 0 Å². The van der Waals surface area contributed by atoms with Crippen molar-refractivity contribution < 1.29 is 14.3 Å². The summed E-state index contributed by atoms with van der Waals surface area (Å²) in [6, 6.07) is 14.0. The van der Waals surface area contributed by atoms with Crippen LogP contribution in [0.1, 0.15) is 44.0 Å². The molecule has 7 heteroatoms. The Balaban J connectivity index is 1.92. The molecule has 0 saturated heterocycles. The average molecular weight is 400 g/mol. The first-order valence-corrected chi connectivity index (χ1v) is 9.57. The molecular formula is C21H25N3O3S. The molecule has 2 aromatic carbocycles. The number of hydrogen-bond acceptors (Lipinski definition) is 4. The normalized spacial score (nSPS) is 10.3. The highest BCUT2D eigenvalue weighted by atomic mass is 32.1. The Hall–Kier alpha value is -2.93. The number of nitrogens with one attached hydrogen (secondary N) is 3. The van der Waals surface area contributed by atoms with Crippen molar-refractivity contribution in [1.82, 2.24) is 5.32 Å². The maximum atomic E-state index is 12.3. The van der Waals surface area contributed by atoms with E-state index in [9.17, 15) is 9.59 Å². The summed E-state index contributed by atoms with van der Waals surface area (Å²) < 4.78 is 5.56. The van der Waals surface area contributed by atoms with Gasteiger partial charge in [0.15, 0.2) is 5.11 Å². The van der Waals surface area contributed by atoms with Crippen LogP contribution in [0.5, 0.6) is 5.75 Å². The third kappa shape index (κ3) is 7.00. The summed E-state index contributed by atoms with van der Waals surface area (Å²) in [4.78, 5) is 24.0. The van der Waals surface area contributed by atoms with Gasteiger partial charge in [0.25, 0.3) is 5.91 Å². The van der Waals surface area contributed by atoms with Gasteiger partial charge in [-0.15, -0.1) is 0 Å². The summed E-state index contributed by atoms with van der Waals surface area (Å²) in [5.41, 5.74) is 1.81. The van der Waals surface area contributed by atoms with Gasteiger partial charge in [-0.05, 0) is 75.0 Å². The maximum Gasteiger partial charge on any atom is 0.257 e. The zero-order valence-electron chi connectivity index (χ0n) is 16.2. The summed E-state index contributed by atoms with van der Waals surface area (Å²) in [6.07, 6.45) is 1.32. The van der Waals surface area contributed by atoms with Gasteiger partial charge in [-0.25, -0.2) is 0 Å². The van der Waals surface area contributed by atoms with Gasteiger partial charge in [-0.2, -0.15) is 0 Å². The molecule has 0 spiro atoms. The van der Waals surface area contributed by atoms with Crippen LogP contribution in [-0.4, -0.2) is 23.0 Å². The first kappa shape index (κ1) is 21.4. The lowest BCUT2D eigenvalue weighted by Crippen LogP contribution is -2.34. The third-order valence-corrected chi connectivity index (χ3v) is 3.80. The van der Waals surface area contributed by atoms with E-state index in [2.05, 4.69) is 16.0 Å². The Morgan fingerprint density at radius 2 is 1.68 bits per heavy atom. The number of carbonyl (C=O) groups is 2. The third-order valence-electron chi connectivity index (χ3n) is 3.60. The Morgan fingerprint density at radius 1 is 1.04 bits per heavy atom. The summed E-state index contributed by atoms with van der Waals surface area (Å²) in [6.45, 7) is 5.83. The van der Waals surface area contributed by atoms with Crippen molar-refractivity contribution in [3.8, 4) is 5.75 Å². The number of anilines is 2. The van der Waals surface area contributed by atoms with E-state index in [0.717, 1.165) is 6.42 Å². The van der Waals surface area contributed by atoms with Crippen molar-refractivity contribution in [1.29, 1.82) is 0 Å². The van der Waals surface area contributed by atoms with Gasteiger partial charge in [0.1, 0.15) is 5.75 Å². The molecule has 0 aliphatic heterocycles. The zero-order valence-corrected chi connectivity index (χ0v) is 17.1. The lowest BCUT2D eigenvalue weighted by molar-refractivity contribution is -0.116. The van der Waals surface area contributed by atoms with Crippen LogP contribution < -0.4 is 20.7 Å². The first-order valence-electron chi connectivity index (χ1n) is 9.16. The number of benzene rings is 2. The van der Waals surface area contributed by atoms with E-state index in [1.54, 1.807) is 48.5 Å². The molecular weight excluding hydrogens is 374 g/mol. The summed E-state index contributed by atoms with van der Waals surface area (Å²) in [5.74, 6) is 0.343. The summed E-state index contributed by atoms with van der Waals surface area (Å²) in [7, 11) is 0. The van der Waals surface area contributed by atoms with Crippen molar-refractivity contribution in [2.45, 2.75) is 39.7 Å². The molecule has 0 unspecified atom stereocenters. The van der Waals surface area contributed by atoms with E-state index in [0.29, 0.717) is 29.1 Å². The minimum atomic E-state index is -0.319.